The molecule has 0 spiro atoms. The van der Waals surface area contributed by atoms with Gasteiger partial charge in [0, 0.05) is 0 Å². The monoisotopic (exact) mass is 271 g/mol. The van der Waals surface area contributed by atoms with Crippen LogP contribution in [0.5, 0.6) is 11.8 Å². The number of hydrogen-bond acceptors (Lipinski definition) is 3. The summed E-state index contributed by atoms with van der Waals surface area (Å²) in [5, 5.41) is 21.0. The van der Waals surface area contributed by atoms with Crippen molar-refractivity contribution in [1.29, 1.82) is 0 Å². The number of ether oxygens (including phenoxy) is 1. The molecule has 2 unspecified atom stereocenters. The van der Waals surface area contributed by atoms with E-state index < -0.39 is 0 Å². The summed E-state index contributed by atoms with van der Waals surface area (Å²) in [7, 11) is 0. The number of aromatic nitrogens is 1. The third-order valence-corrected chi connectivity index (χ3v) is 4.56. The minimum absolute atomic E-state index is 0.0508. The van der Waals surface area contributed by atoms with Gasteiger partial charge in [-0.25, -0.2) is 0 Å². The van der Waals surface area contributed by atoms with Crippen molar-refractivity contribution in [2.75, 3.05) is 0 Å². The molecule has 1 saturated heterocycles. The van der Waals surface area contributed by atoms with Gasteiger partial charge in [0.05, 0.1) is 29.4 Å². The molecule has 2 aliphatic heterocycles. The first-order valence-corrected chi connectivity index (χ1v) is 7.04. The summed E-state index contributed by atoms with van der Waals surface area (Å²) in [5.41, 5.74) is 2.64. The molecule has 2 aromatic rings. The predicted octanol–water partition coefficient (Wildman–Crippen LogP) is 3.41. The zero-order valence-electron chi connectivity index (χ0n) is 11.3. The lowest BCUT2D eigenvalue weighted by atomic mass is 9.95. The fourth-order valence-corrected chi connectivity index (χ4v) is 3.54. The molecule has 104 valence electrons. The smallest absolute Gasteiger partial charge is 0.200 e. The Balaban J connectivity index is 1.85. The van der Waals surface area contributed by atoms with Crippen LogP contribution in [0, 0.1) is 0 Å². The summed E-state index contributed by atoms with van der Waals surface area (Å²) in [6.45, 7) is 1.98. The average Bonchev–Trinajstić information content (AvgIpc) is 3.14. The maximum absolute atomic E-state index is 10.5. The molecule has 3 heterocycles. The van der Waals surface area contributed by atoms with Crippen molar-refractivity contribution in [2.45, 2.75) is 38.0 Å². The van der Waals surface area contributed by atoms with E-state index in [9.17, 15) is 10.2 Å². The Bertz CT molecular complexity index is 629. The highest BCUT2D eigenvalue weighted by Crippen LogP contribution is 2.58. The van der Waals surface area contributed by atoms with Gasteiger partial charge in [0.1, 0.15) is 0 Å². The van der Waals surface area contributed by atoms with E-state index >= 15 is 0 Å². The Morgan fingerprint density at radius 3 is 2.15 bits per heavy atom. The van der Waals surface area contributed by atoms with Crippen LogP contribution in [0.15, 0.2) is 30.3 Å². The van der Waals surface area contributed by atoms with E-state index in [1.165, 1.54) is 0 Å². The Kier molecular flexibility index (Phi) is 2.39. The lowest BCUT2D eigenvalue weighted by Crippen LogP contribution is -2.06. The summed E-state index contributed by atoms with van der Waals surface area (Å²) in [6.07, 6.45) is 1.75. The molecule has 2 aliphatic rings. The molecule has 1 fully saturated rings. The van der Waals surface area contributed by atoms with E-state index in [4.69, 9.17) is 4.74 Å². The second-order valence-electron chi connectivity index (χ2n) is 5.62. The van der Waals surface area contributed by atoms with Crippen molar-refractivity contribution in [3.05, 3.63) is 47.0 Å². The molecule has 3 atom stereocenters. The number of fused-ring (bicyclic) bond motifs is 5. The highest BCUT2D eigenvalue weighted by atomic mass is 16.5. The van der Waals surface area contributed by atoms with Crippen LogP contribution in [0.2, 0.25) is 0 Å². The Morgan fingerprint density at radius 2 is 1.60 bits per heavy atom. The number of hydrogen-bond donors (Lipinski definition) is 2. The lowest BCUT2D eigenvalue weighted by Gasteiger charge is -2.18. The third-order valence-electron chi connectivity index (χ3n) is 4.56. The first-order chi connectivity index (χ1) is 9.68. The Hall–Kier alpha value is -1.94. The minimum atomic E-state index is -0.110. The van der Waals surface area contributed by atoms with E-state index in [0.29, 0.717) is 0 Å². The van der Waals surface area contributed by atoms with Crippen LogP contribution < -0.4 is 0 Å². The maximum Gasteiger partial charge on any atom is 0.200 e. The molecule has 4 nitrogen and oxygen atoms in total. The van der Waals surface area contributed by atoms with E-state index in [1.807, 2.05) is 37.3 Å². The molecule has 0 saturated carbocycles. The maximum atomic E-state index is 10.5. The van der Waals surface area contributed by atoms with Gasteiger partial charge < -0.3 is 14.9 Å². The van der Waals surface area contributed by atoms with Gasteiger partial charge in [-0.2, -0.15) is 0 Å². The zero-order valence-corrected chi connectivity index (χ0v) is 11.3. The van der Waals surface area contributed by atoms with Crippen LogP contribution in [-0.2, 0) is 4.74 Å². The first-order valence-electron chi connectivity index (χ1n) is 7.04. The van der Waals surface area contributed by atoms with Gasteiger partial charge >= 0.3 is 0 Å². The molecule has 4 rings (SSSR count). The highest BCUT2D eigenvalue weighted by molar-refractivity contribution is 5.53. The van der Waals surface area contributed by atoms with Gasteiger partial charge in [-0.3, -0.25) is 4.57 Å². The summed E-state index contributed by atoms with van der Waals surface area (Å²) >= 11 is 0. The summed E-state index contributed by atoms with van der Waals surface area (Å²) in [5.74, 6) is 0.308. The summed E-state index contributed by atoms with van der Waals surface area (Å²) in [6, 6.07) is 9.77. The molecule has 20 heavy (non-hydrogen) atoms. The van der Waals surface area contributed by atoms with Gasteiger partial charge in [-0.15, -0.1) is 0 Å². The minimum Gasteiger partial charge on any atom is -0.494 e. The molecule has 2 N–H and O–H groups in total. The van der Waals surface area contributed by atoms with Crippen LogP contribution in [0.1, 0.15) is 54.7 Å². The van der Waals surface area contributed by atoms with Crippen molar-refractivity contribution < 1.29 is 14.9 Å². The highest BCUT2D eigenvalue weighted by Gasteiger charge is 2.45. The normalized spacial score (nSPS) is 24.9. The second-order valence-corrected chi connectivity index (χ2v) is 5.62. The van der Waals surface area contributed by atoms with Crippen LogP contribution >= 0.6 is 0 Å². The first kappa shape index (κ1) is 11.9. The van der Waals surface area contributed by atoms with Gasteiger partial charge in [0.2, 0.25) is 11.8 Å². The fraction of sp³-hybridized carbons (Fsp3) is 0.375. The molecule has 0 aliphatic carbocycles. The average molecular weight is 271 g/mol. The third kappa shape index (κ3) is 1.40. The number of benzene rings is 1. The molecular weight excluding hydrogens is 254 g/mol. The van der Waals surface area contributed by atoms with E-state index in [-0.39, 0.29) is 30.0 Å². The summed E-state index contributed by atoms with van der Waals surface area (Å²) < 4.78 is 7.37. The molecule has 4 heteroatoms. The van der Waals surface area contributed by atoms with Gasteiger partial charge in [-0.1, -0.05) is 30.3 Å². The van der Waals surface area contributed by atoms with Crippen molar-refractivity contribution in [2.24, 2.45) is 0 Å². The topological polar surface area (TPSA) is 54.6 Å². The predicted molar refractivity (Wildman–Crippen MR) is 73.8 cm³/mol. The molecule has 1 aromatic carbocycles. The Labute approximate surface area is 117 Å². The molecular formula is C16H17NO3. The Morgan fingerprint density at radius 1 is 1.05 bits per heavy atom. The SMILES string of the molecule is C[C@@H](c1ccccc1)n1c(O)c2c(c1O)C1CCC2O1. The molecule has 0 radical (unpaired) electrons. The van der Waals surface area contributed by atoms with Gasteiger partial charge in [0.15, 0.2) is 0 Å². The van der Waals surface area contributed by atoms with Crippen molar-refractivity contribution in [3.8, 4) is 11.8 Å². The standard InChI is InChI=1S/C16H17NO3/c1-9(10-5-3-2-4-6-10)17-15(18)13-11-7-8-12(20-11)14(13)16(17)19/h2-6,9,11-12,18-19H,7-8H2,1H3/t9-,11?,12?/m0/s1. The largest absolute Gasteiger partial charge is 0.494 e. The van der Waals surface area contributed by atoms with E-state index in [1.54, 1.807) is 4.57 Å². The van der Waals surface area contributed by atoms with Crippen LogP contribution in [0.25, 0.3) is 0 Å². The van der Waals surface area contributed by atoms with E-state index in [2.05, 4.69) is 0 Å². The van der Waals surface area contributed by atoms with Crippen LogP contribution in [0.4, 0.5) is 0 Å². The number of nitrogens with zero attached hydrogens (tertiary/aromatic N) is 1. The van der Waals surface area contributed by atoms with Crippen LogP contribution in [0.3, 0.4) is 0 Å². The fourth-order valence-electron chi connectivity index (χ4n) is 3.54. The molecule has 2 bridgehead atoms. The van der Waals surface area contributed by atoms with Crippen LogP contribution in [-0.4, -0.2) is 14.8 Å². The lowest BCUT2D eigenvalue weighted by molar-refractivity contribution is 0.0676. The zero-order chi connectivity index (χ0) is 13.9. The van der Waals surface area contributed by atoms with E-state index in [0.717, 1.165) is 29.5 Å². The van der Waals surface area contributed by atoms with Crippen molar-refractivity contribution >= 4 is 0 Å². The number of aromatic hydroxyl groups is 2. The van der Waals surface area contributed by atoms with Crippen molar-refractivity contribution in [3.63, 3.8) is 0 Å². The van der Waals surface area contributed by atoms with Gasteiger partial charge in [-0.05, 0) is 25.3 Å². The molecule has 0 amide bonds. The second kappa shape index (κ2) is 4.03. The molecule has 1 aromatic heterocycles. The van der Waals surface area contributed by atoms with Gasteiger partial charge in [0.25, 0.3) is 0 Å². The quantitative estimate of drug-likeness (QED) is 0.880. The number of rotatable bonds is 2. The summed E-state index contributed by atoms with van der Waals surface area (Å²) in [4.78, 5) is 0. The van der Waals surface area contributed by atoms with Crippen molar-refractivity contribution in [1.82, 2.24) is 4.57 Å².